The van der Waals surface area contributed by atoms with Crippen LogP contribution < -0.4 is 5.32 Å². The first-order valence-corrected chi connectivity index (χ1v) is 8.44. The van der Waals surface area contributed by atoms with E-state index >= 15 is 0 Å². The number of halogens is 1. The second-order valence-electron chi connectivity index (χ2n) is 5.94. The summed E-state index contributed by atoms with van der Waals surface area (Å²) in [4.78, 5) is 12.8. The first-order chi connectivity index (χ1) is 10.2. The third-order valence-electron chi connectivity index (χ3n) is 4.84. The summed E-state index contributed by atoms with van der Waals surface area (Å²) in [5.74, 6) is 0.190. The molecule has 3 heteroatoms. The first kappa shape index (κ1) is 14.6. The molecule has 0 saturated heterocycles. The van der Waals surface area contributed by atoms with Gasteiger partial charge in [0.05, 0.1) is 0 Å². The van der Waals surface area contributed by atoms with Crippen LogP contribution in [-0.4, -0.2) is 5.91 Å². The van der Waals surface area contributed by atoms with Crippen molar-refractivity contribution in [2.75, 3.05) is 5.32 Å². The summed E-state index contributed by atoms with van der Waals surface area (Å²) in [6.07, 6.45) is 5.30. The van der Waals surface area contributed by atoms with Crippen molar-refractivity contribution in [1.29, 1.82) is 0 Å². The molecule has 1 saturated carbocycles. The highest BCUT2D eigenvalue weighted by atomic mass is 79.9. The Morgan fingerprint density at radius 1 is 1.14 bits per heavy atom. The van der Waals surface area contributed by atoms with Gasteiger partial charge in [0, 0.05) is 21.0 Å². The predicted molar refractivity (Wildman–Crippen MR) is 91.5 cm³/mol. The van der Waals surface area contributed by atoms with Crippen molar-refractivity contribution < 1.29 is 4.79 Å². The van der Waals surface area contributed by atoms with Crippen LogP contribution in [0.15, 0.2) is 40.9 Å². The first-order valence-electron chi connectivity index (χ1n) is 7.65. The van der Waals surface area contributed by atoms with Crippen LogP contribution in [-0.2, 0) is 4.79 Å². The lowest BCUT2D eigenvalue weighted by Crippen LogP contribution is -2.33. The molecule has 1 aliphatic carbocycles. The Balaban J connectivity index is 1.95. The molecule has 0 aromatic heterocycles. The average Bonchev–Trinajstić information content (AvgIpc) is 3.00. The molecule has 110 valence electrons. The van der Waals surface area contributed by atoms with Crippen molar-refractivity contribution in [3.8, 4) is 0 Å². The molecule has 1 amide bonds. The molecule has 21 heavy (non-hydrogen) atoms. The van der Waals surface area contributed by atoms with Crippen molar-refractivity contribution >= 4 is 38.3 Å². The van der Waals surface area contributed by atoms with Gasteiger partial charge < -0.3 is 5.32 Å². The van der Waals surface area contributed by atoms with Crippen LogP contribution in [0.5, 0.6) is 0 Å². The molecular formula is C18H20BrNO. The number of amides is 1. The Labute approximate surface area is 134 Å². The van der Waals surface area contributed by atoms with Crippen molar-refractivity contribution in [2.45, 2.75) is 39.0 Å². The second kappa shape index (κ2) is 5.80. The Morgan fingerprint density at radius 3 is 2.48 bits per heavy atom. The van der Waals surface area contributed by atoms with E-state index in [-0.39, 0.29) is 11.3 Å². The molecule has 0 unspecified atom stereocenters. The minimum Gasteiger partial charge on any atom is -0.325 e. The van der Waals surface area contributed by atoms with Gasteiger partial charge in [0.1, 0.15) is 0 Å². The van der Waals surface area contributed by atoms with Crippen molar-refractivity contribution in [3.63, 3.8) is 0 Å². The predicted octanol–water partition coefficient (Wildman–Crippen LogP) is 5.51. The lowest BCUT2D eigenvalue weighted by molar-refractivity contribution is -0.125. The van der Waals surface area contributed by atoms with Crippen molar-refractivity contribution in [1.82, 2.24) is 0 Å². The van der Waals surface area contributed by atoms with Crippen LogP contribution in [0, 0.1) is 5.41 Å². The van der Waals surface area contributed by atoms with Gasteiger partial charge in [0.15, 0.2) is 0 Å². The summed E-state index contributed by atoms with van der Waals surface area (Å²) in [5, 5.41) is 5.41. The maximum Gasteiger partial charge on any atom is 0.230 e. The number of fused-ring (bicyclic) bond motifs is 1. The van der Waals surface area contributed by atoms with Gasteiger partial charge in [-0.2, -0.15) is 0 Å². The summed E-state index contributed by atoms with van der Waals surface area (Å²) < 4.78 is 1.06. The van der Waals surface area contributed by atoms with E-state index in [0.717, 1.165) is 40.2 Å². The maximum absolute atomic E-state index is 12.8. The van der Waals surface area contributed by atoms with Gasteiger partial charge in [-0.25, -0.2) is 0 Å². The molecule has 0 spiro atoms. The SMILES string of the molecule is CCC1(C(=O)Nc2ccc(Br)c3ccccc23)CCCC1. The average molecular weight is 346 g/mol. The molecule has 0 radical (unpaired) electrons. The fourth-order valence-corrected chi connectivity index (χ4v) is 3.90. The summed E-state index contributed by atoms with van der Waals surface area (Å²) in [6, 6.07) is 12.1. The molecule has 2 aromatic rings. The minimum absolute atomic E-state index is 0.159. The lowest BCUT2D eigenvalue weighted by atomic mass is 9.82. The standard InChI is InChI=1S/C18H20BrNO/c1-2-18(11-5-6-12-18)17(21)20-16-10-9-15(19)13-7-3-4-8-14(13)16/h3-4,7-10H,2,5-6,11-12H2,1H3,(H,20,21). The minimum atomic E-state index is -0.159. The van der Waals surface area contributed by atoms with Crippen molar-refractivity contribution in [2.24, 2.45) is 5.41 Å². The highest BCUT2D eigenvalue weighted by Gasteiger charge is 2.39. The van der Waals surface area contributed by atoms with E-state index in [2.05, 4.69) is 40.3 Å². The summed E-state index contributed by atoms with van der Waals surface area (Å²) >= 11 is 3.58. The summed E-state index contributed by atoms with van der Waals surface area (Å²) in [5.41, 5.74) is 0.757. The van der Waals surface area contributed by atoms with E-state index < -0.39 is 0 Å². The van der Waals surface area contributed by atoms with Gasteiger partial charge >= 0.3 is 0 Å². The van der Waals surface area contributed by atoms with E-state index in [1.807, 2.05) is 24.3 Å². The molecule has 0 bridgehead atoms. The third-order valence-corrected chi connectivity index (χ3v) is 5.53. The number of rotatable bonds is 3. The largest absolute Gasteiger partial charge is 0.325 e. The number of hydrogen-bond donors (Lipinski definition) is 1. The Hall–Kier alpha value is -1.35. The number of carbonyl (C=O) groups is 1. The van der Waals surface area contributed by atoms with E-state index in [1.54, 1.807) is 0 Å². The molecule has 2 nitrogen and oxygen atoms in total. The van der Waals surface area contributed by atoms with Gasteiger partial charge in [-0.1, -0.05) is 60.0 Å². The number of anilines is 1. The Morgan fingerprint density at radius 2 is 1.81 bits per heavy atom. The van der Waals surface area contributed by atoms with Gasteiger partial charge in [-0.3, -0.25) is 4.79 Å². The second-order valence-corrected chi connectivity index (χ2v) is 6.79. The smallest absolute Gasteiger partial charge is 0.230 e. The topological polar surface area (TPSA) is 29.1 Å². The number of nitrogens with one attached hydrogen (secondary N) is 1. The maximum atomic E-state index is 12.8. The fraction of sp³-hybridized carbons (Fsp3) is 0.389. The third kappa shape index (κ3) is 2.59. The lowest BCUT2D eigenvalue weighted by Gasteiger charge is -2.26. The van der Waals surface area contributed by atoms with Gasteiger partial charge in [0.2, 0.25) is 5.91 Å². The Kier molecular flexibility index (Phi) is 4.03. The number of hydrogen-bond acceptors (Lipinski definition) is 1. The molecule has 2 aromatic carbocycles. The van der Waals surface area contributed by atoms with E-state index in [1.165, 1.54) is 12.8 Å². The quantitative estimate of drug-likeness (QED) is 0.780. The zero-order valence-electron chi connectivity index (χ0n) is 12.3. The molecule has 1 fully saturated rings. The van der Waals surface area contributed by atoms with E-state index in [4.69, 9.17) is 0 Å². The molecular weight excluding hydrogens is 326 g/mol. The molecule has 0 heterocycles. The van der Waals surface area contributed by atoms with E-state index in [0.29, 0.717) is 0 Å². The fourth-order valence-electron chi connectivity index (χ4n) is 3.42. The Bertz CT molecular complexity index is 674. The zero-order valence-corrected chi connectivity index (χ0v) is 13.9. The van der Waals surface area contributed by atoms with Crippen LogP contribution in [0.2, 0.25) is 0 Å². The molecule has 1 N–H and O–H groups in total. The van der Waals surface area contributed by atoms with E-state index in [9.17, 15) is 4.79 Å². The van der Waals surface area contributed by atoms with Crippen molar-refractivity contribution in [3.05, 3.63) is 40.9 Å². The summed E-state index contributed by atoms with van der Waals surface area (Å²) in [7, 11) is 0. The van der Waals surface area contributed by atoms with Gasteiger partial charge in [0.25, 0.3) is 0 Å². The highest BCUT2D eigenvalue weighted by Crippen LogP contribution is 2.42. The zero-order chi connectivity index (χ0) is 14.9. The summed E-state index contributed by atoms with van der Waals surface area (Å²) in [6.45, 7) is 2.13. The molecule has 0 atom stereocenters. The van der Waals surface area contributed by atoms with Crippen LogP contribution >= 0.6 is 15.9 Å². The van der Waals surface area contributed by atoms with Crippen LogP contribution in [0.4, 0.5) is 5.69 Å². The normalized spacial score (nSPS) is 17.0. The van der Waals surface area contributed by atoms with Gasteiger partial charge in [-0.05, 0) is 36.8 Å². The number of benzene rings is 2. The monoisotopic (exact) mass is 345 g/mol. The van der Waals surface area contributed by atoms with Crippen LogP contribution in [0.3, 0.4) is 0 Å². The van der Waals surface area contributed by atoms with Crippen LogP contribution in [0.1, 0.15) is 39.0 Å². The van der Waals surface area contributed by atoms with Gasteiger partial charge in [-0.15, -0.1) is 0 Å². The molecule has 0 aliphatic heterocycles. The molecule has 1 aliphatic rings. The number of carbonyl (C=O) groups excluding carboxylic acids is 1. The van der Waals surface area contributed by atoms with Crippen LogP contribution in [0.25, 0.3) is 10.8 Å². The molecule has 3 rings (SSSR count). The highest BCUT2D eigenvalue weighted by molar-refractivity contribution is 9.10.